The van der Waals surface area contributed by atoms with E-state index in [2.05, 4.69) is 4.98 Å². The molecule has 1 aromatic carbocycles. The Bertz CT molecular complexity index is 899. The zero-order valence-electron chi connectivity index (χ0n) is 17.8. The van der Waals surface area contributed by atoms with Crippen LogP contribution in [0, 0.1) is 20.8 Å². The second kappa shape index (κ2) is 9.52. The number of H-pyrrole nitrogens is 1. The standard InChI is InChI=1S/C22H28N2O5/c1-13-7-9-17(10-8-13)21(26)24(11-12-28-5)16(4)20(25)18-14(2)19(22(27)29-6)23-15(18)3/h7-10,16,23H,11-12H2,1-6H3/t16-/m1/s1. The summed E-state index contributed by atoms with van der Waals surface area (Å²) in [5.74, 6) is -1.03. The van der Waals surface area contributed by atoms with Gasteiger partial charge >= 0.3 is 5.97 Å². The number of ether oxygens (including phenoxy) is 2. The molecule has 0 unspecified atom stereocenters. The van der Waals surface area contributed by atoms with E-state index in [1.165, 1.54) is 12.0 Å². The third kappa shape index (κ3) is 4.74. The largest absolute Gasteiger partial charge is 0.464 e. The monoisotopic (exact) mass is 400 g/mol. The number of ketones is 1. The van der Waals surface area contributed by atoms with Crippen molar-refractivity contribution >= 4 is 17.7 Å². The van der Waals surface area contributed by atoms with Crippen molar-refractivity contribution in [3.63, 3.8) is 0 Å². The maximum atomic E-state index is 13.3. The summed E-state index contributed by atoms with van der Waals surface area (Å²) in [6.45, 7) is 7.61. The molecule has 0 aliphatic rings. The predicted octanol–water partition coefficient (Wildman–Crippen LogP) is 3.09. The summed E-state index contributed by atoms with van der Waals surface area (Å²) in [6.07, 6.45) is 0. The van der Waals surface area contributed by atoms with Gasteiger partial charge in [0.1, 0.15) is 5.69 Å². The van der Waals surface area contributed by atoms with Gasteiger partial charge in [0, 0.05) is 30.5 Å². The van der Waals surface area contributed by atoms with E-state index in [-0.39, 0.29) is 23.9 Å². The Morgan fingerprint density at radius 2 is 1.69 bits per heavy atom. The lowest BCUT2D eigenvalue weighted by atomic mass is 9.99. The Balaban J connectivity index is 2.38. The molecule has 0 saturated carbocycles. The highest BCUT2D eigenvalue weighted by Crippen LogP contribution is 2.22. The van der Waals surface area contributed by atoms with Gasteiger partial charge in [-0.05, 0) is 45.4 Å². The first-order valence-electron chi connectivity index (χ1n) is 9.41. The topological polar surface area (TPSA) is 88.7 Å². The van der Waals surface area contributed by atoms with Gasteiger partial charge < -0.3 is 19.4 Å². The Labute approximate surface area is 171 Å². The zero-order valence-corrected chi connectivity index (χ0v) is 17.8. The number of Topliss-reactive ketones (excluding diaryl/α,β-unsaturated/α-hetero) is 1. The van der Waals surface area contributed by atoms with Crippen LogP contribution < -0.4 is 0 Å². The number of benzene rings is 1. The van der Waals surface area contributed by atoms with Crippen LogP contribution in [0.15, 0.2) is 24.3 Å². The molecule has 7 nitrogen and oxygen atoms in total. The minimum Gasteiger partial charge on any atom is -0.464 e. The number of carbonyl (C=O) groups excluding carboxylic acids is 3. The van der Waals surface area contributed by atoms with Gasteiger partial charge in [-0.2, -0.15) is 0 Å². The molecular formula is C22H28N2O5. The molecule has 0 aliphatic carbocycles. The molecule has 0 bridgehead atoms. The number of aromatic amines is 1. The molecule has 29 heavy (non-hydrogen) atoms. The molecule has 2 aromatic rings. The third-order valence-electron chi connectivity index (χ3n) is 5.02. The van der Waals surface area contributed by atoms with Crippen LogP contribution in [0.4, 0.5) is 0 Å². The third-order valence-corrected chi connectivity index (χ3v) is 5.02. The number of nitrogens with one attached hydrogen (secondary N) is 1. The highest BCUT2D eigenvalue weighted by molar-refractivity contribution is 6.07. The van der Waals surface area contributed by atoms with Crippen LogP contribution in [0.25, 0.3) is 0 Å². The number of amides is 1. The molecule has 0 saturated heterocycles. The van der Waals surface area contributed by atoms with Crippen molar-refractivity contribution in [3.05, 3.63) is 57.9 Å². The number of hydrogen-bond donors (Lipinski definition) is 1. The van der Waals surface area contributed by atoms with Gasteiger partial charge in [0.25, 0.3) is 5.91 Å². The van der Waals surface area contributed by atoms with Crippen molar-refractivity contribution in [3.8, 4) is 0 Å². The highest BCUT2D eigenvalue weighted by Gasteiger charge is 2.31. The second-order valence-corrected chi connectivity index (χ2v) is 7.01. The summed E-state index contributed by atoms with van der Waals surface area (Å²) >= 11 is 0. The van der Waals surface area contributed by atoms with Gasteiger partial charge in [0.15, 0.2) is 5.78 Å². The number of methoxy groups -OCH3 is 2. The molecule has 1 atom stereocenters. The van der Waals surface area contributed by atoms with Crippen molar-refractivity contribution in [1.29, 1.82) is 0 Å². The lowest BCUT2D eigenvalue weighted by molar-refractivity contribution is 0.0563. The van der Waals surface area contributed by atoms with E-state index in [1.807, 2.05) is 19.1 Å². The van der Waals surface area contributed by atoms with Crippen molar-refractivity contribution in [1.82, 2.24) is 9.88 Å². The molecule has 7 heteroatoms. The molecule has 2 rings (SSSR count). The Morgan fingerprint density at radius 3 is 2.24 bits per heavy atom. The molecule has 1 aromatic heterocycles. The Hall–Kier alpha value is -2.93. The fourth-order valence-electron chi connectivity index (χ4n) is 3.30. The summed E-state index contributed by atoms with van der Waals surface area (Å²) in [4.78, 5) is 42.8. The molecule has 0 aliphatic heterocycles. The first-order chi connectivity index (χ1) is 13.7. The number of esters is 1. The van der Waals surface area contributed by atoms with Crippen molar-refractivity contribution in [2.75, 3.05) is 27.4 Å². The fraction of sp³-hybridized carbons (Fsp3) is 0.409. The molecule has 1 N–H and O–H groups in total. The van der Waals surface area contributed by atoms with Crippen LogP contribution in [0.1, 0.15) is 54.9 Å². The molecule has 0 radical (unpaired) electrons. The van der Waals surface area contributed by atoms with Gasteiger partial charge in [-0.25, -0.2) is 4.79 Å². The number of nitrogens with zero attached hydrogens (tertiary/aromatic N) is 1. The summed E-state index contributed by atoms with van der Waals surface area (Å²) < 4.78 is 9.91. The summed E-state index contributed by atoms with van der Waals surface area (Å²) in [5, 5.41) is 0. The first-order valence-corrected chi connectivity index (χ1v) is 9.41. The number of carbonyl (C=O) groups is 3. The molecule has 0 fully saturated rings. The molecule has 1 amide bonds. The summed E-state index contributed by atoms with van der Waals surface area (Å²) in [7, 11) is 2.83. The van der Waals surface area contributed by atoms with E-state index < -0.39 is 12.0 Å². The summed E-state index contributed by atoms with van der Waals surface area (Å²) in [5.41, 5.74) is 3.27. The zero-order chi connectivity index (χ0) is 21.7. The van der Waals surface area contributed by atoms with E-state index in [0.717, 1.165) is 5.56 Å². The minimum absolute atomic E-state index is 0.244. The number of rotatable bonds is 8. The number of aryl methyl sites for hydroxylation is 2. The first kappa shape index (κ1) is 22.4. The molecule has 1 heterocycles. The highest BCUT2D eigenvalue weighted by atomic mass is 16.5. The predicted molar refractivity (Wildman–Crippen MR) is 109 cm³/mol. The van der Waals surface area contributed by atoms with Gasteiger partial charge in [-0.15, -0.1) is 0 Å². The Kier molecular flexibility index (Phi) is 7.34. The average Bonchev–Trinajstić information content (AvgIpc) is 3.01. The van der Waals surface area contributed by atoms with Crippen molar-refractivity contribution < 1.29 is 23.9 Å². The normalized spacial score (nSPS) is 11.8. The second-order valence-electron chi connectivity index (χ2n) is 7.01. The van der Waals surface area contributed by atoms with Crippen molar-refractivity contribution in [2.45, 2.75) is 33.7 Å². The smallest absolute Gasteiger partial charge is 0.354 e. The van der Waals surface area contributed by atoms with E-state index in [4.69, 9.17) is 9.47 Å². The van der Waals surface area contributed by atoms with Crippen LogP contribution in [-0.2, 0) is 9.47 Å². The van der Waals surface area contributed by atoms with E-state index in [1.54, 1.807) is 40.0 Å². The fourth-order valence-corrected chi connectivity index (χ4v) is 3.30. The lowest BCUT2D eigenvalue weighted by Crippen LogP contribution is -2.45. The SMILES string of the molecule is COCCN(C(=O)c1ccc(C)cc1)[C@H](C)C(=O)c1c(C)[nH]c(C(=O)OC)c1C. The quantitative estimate of drug-likeness (QED) is 0.543. The summed E-state index contributed by atoms with van der Waals surface area (Å²) in [6, 6.07) is 6.47. The Morgan fingerprint density at radius 1 is 1.07 bits per heavy atom. The maximum Gasteiger partial charge on any atom is 0.354 e. The van der Waals surface area contributed by atoms with Crippen LogP contribution in [0.2, 0.25) is 0 Å². The van der Waals surface area contributed by atoms with Crippen LogP contribution in [0.3, 0.4) is 0 Å². The van der Waals surface area contributed by atoms with Crippen molar-refractivity contribution in [2.24, 2.45) is 0 Å². The molecule has 0 spiro atoms. The van der Waals surface area contributed by atoms with Gasteiger partial charge in [-0.3, -0.25) is 9.59 Å². The van der Waals surface area contributed by atoms with E-state index in [9.17, 15) is 14.4 Å². The van der Waals surface area contributed by atoms with E-state index in [0.29, 0.717) is 29.0 Å². The van der Waals surface area contributed by atoms with Gasteiger partial charge in [0.2, 0.25) is 0 Å². The van der Waals surface area contributed by atoms with E-state index >= 15 is 0 Å². The lowest BCUT2D eigenvalue weighted by Gasteiger charge is -2.28. The van der Waals surface area contributed by atoms with Crippen LogP contribution >= 0.6 is 0 Å². The van der Waals surface area contributed by atoms with Crippen LogP contribution in [0.5, 0.6) is 0 Å². The number of hydrogen-bond acceptors (Lipinski definition) is 5. The van der Waals surface area contributed by atoms with Crippen LogP contribution in [-0.4, -0.2) is 61.0 Å². The van der Waals surface area contributed by atoms with Gasteiger partial charge in [-0.1, -0.05) is 17.7 Å². The average molecular weight is 400 g/mol. The van der Waals surface area contributed by atoms with Gasteiger partial charge in [0.05, 0.1) is 19.8 Å². The minimum atomic E-state index is -0.738. The molecular weight excluding hydrogens is 372 g/mol. The molecule has 156 valence electrons. The number of aromatic nitrogens is 1. The maximum absolute atomic E-state index is 13.3.